The van der Waals surface area contributed by atoms with Crippen molar-refractivity contribution in [2.75, 3.05) is 0 Å². The van der Waals surface area contributed by atoms with Gasteiger partial charge < -0.3 is 0 Å². The Bertz CT molecular complexity index is 532. The normalized spacial score (nSPS) is 11.1. The molecule has 0 aromatic carbocycles. The third kappa shape index (κ3) is 2.19. The van der Waals surface area contributed by atoms with Crippen LogP contribution in [0.4, 0.5) is 0 Å². The molecule has 0 bridgehead atoms. The van der Waals surface area contributed by atoms with Gasteiger partial charge in [0.1, 0.15) is 14.4 Å². The van der Waals surface area contributed by atoms with Crippen molar-refractivity contribution in [1.82, 2.24) is 19.6 Å². The van der Waals surface area contributed by atoms with Crippen LogP contribution in [0.15, 0.2) is 15.3 Å². The molecule has 0 saturated heterocycles. The van der Waals surface area contributed by atoms with Crippen molar-refractivity contribution >= 4 is 43.5 Å². The minimum absolute atomic E-state index is 0.602. The summed E-state index contributed by atoms with van der Waals surface area (Å²) in [6.45, 7) is 2.54. The fourth-order valence-corrected chi connectivity index (χ4v) is 2.85. The van der Waals surface area contributed by atoms with E-state index in [0.29, 0.717) is 11.7 Å². The van der Waals surface area contributed by atoms with Crippen LogP contribution in [0.3, 0.4) is 0 Å². The maximum absolute atomic E-state index is 6.16. The van der Waals surface area contributed by atoms with Crippen LogP contribution in [0.1, 0.15) is 11.3 Å². The Hall–Kier alpha value is -0.330. The van der Waals surface area contributed by atoms with Crippen LogP contribution in [0.25, 0.3) is 0 Å². The van der Waals surface area contributed by atoms with E-state index in [0.717, 1.165) is 20.5 Å². The summed E-state index contributed by atoms with van der Waals surface area (Å²) >= 11 is 12.9. The third-order valence-corrected chi connectivity index (χ3v) is 3.78. The Labute approximate surface area is 115 Å². The predicted octanol–water partition coefficient (Wildman–Crippen LogP) is 3.15. The molecule has 2 rings (SSSR count). The fraction of sp³-hybridized carbons (Fsp3) is 0.333. The van der Waals surface area contributed by atoms with E-state index in [1.54, 1.807) is 4.68 Å². The molecule has 16 heavy (non-hydrogen) atoms. The standard InChI is InChI=1S/C9H9Br2ClN4/c1-5-6(9(12)15(2)13-5)4-16-8(11)3-7(10)14-16/h3H,4H2,1-2H3. The average Bonchev–Trinajstić information content (AvgIpc) is 2.62. The zero-order valence-corrected chi connectivity index (χ0v) is 12.6. The van der Waals surface area contributed by atoms with E-state index in [1.807, 2.05) is 24.7 Å². The second kappa shape index (κ2) is 4.50. The molecule has 2 heterocycles. The average molecular weight is 368 g/mol. The summed E-state index contributed by atoms with van der Waals surface area (Å²) in [4.78, 5) is 0. The SMILES string of the molecule is Cc1nn(C)c(Cl)c1Cn1nc(Br)cc1Br. The first-order valence-corrected chi connectivity index (χ1v) is 6.52. The molecule has 2 aromatic rings. The molecule has 0 spiro atoms. The van der Waals surface area contributed by atoms with Gasteiger partial charge in [0.05, 0.1) is 12.2 Å². The summed E-state index contributed by atoms with van der Waals surface area (Å²) in [5.74, 6) is 0. The van der Waals surface area contributed by atoms with E-state index in [4.69, 9.17) is 11.6 Å². The van der Waals surface area contributed by atoms with Crippen LogP contribution < -0.4 is 0 Å². The number of aryl methyl sites for hydroxylation is 2. The molecular formula is C9H9Br2ClN4. The molecule has 0 atom stereocenters. The number of nitrogens with zero attached hydrogens (tertiary/aromatic N) is 4. The molecule has 86 valence electrons. The Morgan fingerprint density at radius 1 is 1.38 bits per heavy atom. The van der Waals surface area contributed by atoms with Crippen molar-refractivity contribution in [1.29, 1.82) is 0 Å². The van der Waals surface area contributed by atoms with E-state index in [-0.39, 0.29) is 0 Å². The zero-order valence-electron chi connectivity index (χ0n) is 8.71. The highest BCUT2D eigenvalue weighted by molar-refractivity contribution is 9.11. The molecule has 0 aliphatic heterocycles. The van der Waals surface area contributed by atoms with Crippen LogP contribution in [0.5, 0.6) is 0 Å². The molecule has 0 saturated carbocycles. The first kappa shape index (κ1) is 12.1. The molecule has 0 aliphatic rings. The lowest BCUT2D eigenvalue weighted by atomic mass is 10.3. The first-order chi connectivity index (χ1) is 7.49. The summed E-state index contributed by atoms with van der Waals surface area (Å²) in [6, 6.07) is 1.89. The second-order valence-corrected chi connectivity index (χ2v) is 5.41. The molecule has 0 fully saturated rings. The summed E-state index contributed by atoms with van der Waals surface area (Å²) < 4.78 is 5.18. The number of aromatic nitrogens is 4. The minimum atomic E-state index is 0.602. The van der Waals surface area contributed by atoms with Crippen LogP contribution in [0, 0.1) is 6.92 Å². The summed E-state index contributed by atoms with van der Waals surface area (Å²) in [6.07, 6.45) is 0. The molecule has 0 N–H and O–H groups in total. The van der Waals surface area contributed by atoms with Crippen molar-refractivity contribution in [2.24, 2.45) is 7.05 Å². The highest BCUT2D eigenvalue weighted by Gasteiger charge is 2.13. The van der Waals surface area contributed by atoms with E-state index in [1.165, 1.54) is 0 Å². The van der Waals surface area contributed by atoms with E-state index in [9.17, 15) is 0 Å². The summed E-state index contributed by atoms with van der Waals surface area (Å²) in [5, 5.41) is 9.20. The number of rotatable bonds is 2. The van der Waals surface area contributed by atoms with Gasteiger partial charge in [-0.25, -0.2) is 0 Å². The van der Waals surface area contributed by atoms with Crippen LogP contribution >= 0.6 is 43.5 Å². The summed E-state index contributed by atoms with van der Waals surface area (Å²) in [7, 11) is 1.83. The number of halogens is 3. The van der Waals surface area contributed by atoms with Crippen molar-refractivity contribution in [3.63, 3.8) is 0 Å². The Kier molecular flexibility index (Phi) is 3.42. The van der Waals surface area contributed by atoms with Crippen LogP contribution in [0.2, 0.25) is 5.15 Å². The topological polar surface area (TPSA) is 35.6 Å². The highest BCUT2D eigenvalue weighted by Crippen LogP contribution is 2.23. The third-order valence-electron chi connectivity index (χ3n) is 2.28. The van der Waals surface area contributed by atoms with Crippen LogP contribution in [-0.4, -0.2) is 19.6 Å². The lowest BCUT2D eigenvalue weighted by Gasteiger charge is -2.02. The van der Waals surface area contributed by atoms with Crippen molar-refractivity contribution in [3.8, 4) is 0 Å². The van der Waals surface area contributed by atoms with Gasteiger partial charge in [0.15, 0.2) is 0 Å². The van der Waals surface area contributed by atoms with E-state index < -0.39 is 0 Å². The molecule has 0 unspecified atom stereocenters. The molecule has 7 heteroatoms. The van der Waals surface area contributed by atoms with Gasteiger partial charge in [-0.05, 0) is 38.8 Å². The van der Waals surface area contributed by atoms with Gasteiger partial charge in [-0.1, -0.05) is 11.6 Å². The Balaban J connectivity index is 2.37. The predicted molar refractivity (Wildman–Crippen MR) is 69.7 cm³/mol. The Morgan fingerprint density at radius 3 is 2.50 bits per heavy atom. The van der Waals surface area contributed by atoms with Gasteiger partial charge >= 0.3 is 0 Å². The second-order valence-electron chi connectivity index (χ2n) is 3.43. The number of hydrogen-bond donors (Lipinski definition) is 0. The number of hydrogen-bond acceptors (Lipinski definition) is 2. The van der Waals surface area contributed by atoms with Gasteiger partial charge in [0.25, 0.3) is 0 Å². The maximum Gasteiger partial charge on any atom is 0.132 e. The quantitative estimate of drug-likeness (QED) is 0.816. The summed E-state index contributed by atoms with van der Waals surface area (Å²) in [5.41, 5.74) is 1.91. The smallest absolute Gasteiger partial charge is 0.132 e. The van der Waals surface area contributed by atoms with E-state index >= 15 is 0 Å². The minimum Gasteiger partial charge on any atom is -0.256 e. The van der Waals surface area contributed by atoms with Crippen molar-refractivity contribution in [2.45, 2.75) is 13.5 Å². The molecule has 0 amide bonds. The zero-order chi connectivity index (χ0) is 11.9. The molecule has 2 aromatic heterocycles. The van der Waals surface area contributed by atoms with Crippen molar-refractivity contribution < 1.29 is 0 Å². The monoisotopic (exact) mass is 366 g/mol. The van der Waals surface area contributed by atoms with Gasteiger partial charge in [-0.3, -0.25) is 9.36 Å². The largest absolute Gasteiger partial charge is 0.256 e. The van der Waals surface area contributed by atoms with Gasteiger partial charge in [0.2, 0.25) is 0 Å². The van der Waals surface area contributed by atoms with Crippen LogP contribution in [-0.2, 0) is 13.6 Å². The first-order valence-electron chi connectivity index (χ1n) is 4.56. The van der Waals surface area contributed by atoms with Crippen molar-refractivity contribution in [3.05, 3.63) is 31.7 Å². The Morgan fingerprint density at radius 2 is 2.06 bits per heavy atom. The van der Waals surface area contributed by atoms with Gasteiger partial charge in [-0.2, -0.15) is 10.2 Å². The van der Waals surface area contributed by atoms with Gasteiger partial charge in [-0.15, -0.1) is 0 Å². The molecule has 4 nitrogen and oxygen atoms in total. The van der Waals surface area contributed by atoms with Gasteiger partial charge in [0, 0.05) is 18.7 Å². The molecule has 0 radical (unpaired) electrons. The maximum atomic E-state index is 6.16. The fourth-order valence-electron chi connectivity index (χ4n) is 1.48. The van der Waals surface area contributed by atoms with E-state index in [2.05, 4.69) is 42.1 Å². The lowest BCUT2D eigenvalue weighted by molar-refractivity contribution is 0.664. The molecular weight excluding hydrogens is 359 g/mol. The highest BCUT2D eigenvalue weighted by atomic mass is 79.9. The molecule has 0 aliphatic carbocycles. The lowest BCUT2D eigenvalue weighted by Crippen LogP contribution is -2.03.